The molecule has 18 heteroatoms. The molecule has 1 saturated heterocycles. The molecule has 0 aromatic heterocycles. The zero-order chi connectivity index (χ0) is 46.5. The fourth-order valence-corrected chi connectivity index (χ4v) is 37.2. The highest BCUT2D eigenvalue weighted by Gasteiger charge is 2.47. The average molecular weight is 981 g/mol. The van der Waals surface area contributed by atoms with Gasteiger partial charge in [0, 0.05) is 32.2 Å². The van der Waals surface area contributed by atoms with Crippen molar-refractivity contribution < 1.29 is 40.9 Å². The highest BCUT2D eigenvalue weighted by Crippen LogP contribution is 2.37. The lowest BCUT2D eigenvalue weighted by Gasteiger charge is -2.51. The Hall–Kier alpha value is 0.821. The third-order valence-corrected chi connectivity index (χ3v) is 32.4. The van der Waals surface area contributed by atoms with Crippen molar-refractivity contribution in [2.75, 3.05) is 20.3 Å². The van der Waals surface area contributed by atoms with Crippen molar-refractivity contribution >= 4 is 50.4 Å². The summed E-state index contributed by atoms with van der Waals surface area (Å²) in [6, 6.07) is 1.83. The topological polar surface area (TPSA) is 141 Å². The number of methoxy groups -OCH3 is 1. The van der Waals surface area contributed by atoms with Crippen LogP contribution in [0.25, 0.3) is 0 Å². The molecule has 4 aliphatic rings. The zero-order valence-electron chi connectivity index (χ0n) is 42.7. The molecule has 4 rings (SSSR count). The minimum Gasteiger partial charge on any atom is -0.437 e. The summed E-state index contributed by atoms with van der Waals surface area (Å²) in [7, 11) is -10.0. The van der Waals surface area contributed by atoms with E-state index >= 15 is 0 Å². The van der Waals surface area contributed by atoms with Gasteiger partial charge in [0.25, 0.3) is 0 Å². The molecule has 1 aliphatic heterocycles. The Kier molecular flexibility index (Phi) is 20.5. The molecule has 0 aromatic carbocycles. The van der Waals surface area contributed by atoms with Crippen LogP contribution in [0.2, 0.25) is 104 Å². The molecule has 5 N–H and O–H groups in total. The van der Waals surface area contributed by atoms with Crippen LogP contribution in [0.4, 0.5) is 0 Å². The third kappa shape index (κ3) is 19.1. The van der Waals surface area contributed by atoms with E-state index in [1.807, 2.05) is 7.11 Å². The molecule has 3 aliphatic carbocycles. The summed E-state index contributed by atoms with van der Waals surface area (Å²) in [4.78, 5) is 0. The van der Waals surface area contributed by atoms with Crippen LogP contribution in [-0.4, -0.2) is 130 Å². The summed E-state index contributed by atoms with van der Waals surface area (Å²) in [6.07, 6.45) is 8.51. The monoisotopic (exact) mass is 980 g/mol. The fourth-order valence-electron chi connectivity index (χ4n) is 11.3. The lowest BCUT2D eigenvalue weighted by atomic mass is 9.78. The van der Waals surface area contributed by atoms with E-state index in [1.54, 1.807) is 0 Å². The van der Waals surface area contributed by atoms with E-state index in [4.69, 9.17) is 30.7 Å². The van der Waals surface area contributed by atoms with Crippen molar-refractivity contribution in [3.8, 4) is 0 Å². The fraction of sp³-hybridized carbons (Fsp3) is 1.00. The van der Waals surface area contributed by atoms with E-state index in [0.717, 1.165) is 63.5 Å². The first-order chi connectivity index (χ1) is 28.4. The van der Waals surface area contributed by atoms with Crippen LogP contribution in [0.5, 0.6) is 0 Å². The number of nitrogens with one attached hydrogen (secondary N) is 3. The van der Waals surface area contributed by atoms with Crippen LogP contribution in [0.15, 0.2) is 0 Å². The second-order valence-electron chi connectivity index (χ2n) is 24.4. The van der Waals surface area contributed by atoms with E-state index in [0.29, 0.717) is 49.9 Å². The molecule has 0 aromatic rings. The first kappa shape index (κ1) is 55.4. The van der Waals surface area contributed by atoms with Crippen molar-refractivity contribution in [1.29, 1.82) is 0 Å². The number of rotatable bonds is 22. The number of aliphatic hydroxyl groups is 2. The second kappa shape index (κ2) is 23.0. The van der Waals surface area contributed by atoms with Crippen LogP contribution in [0.1, 0.15) is 78.1 Å². The van der Waals surface area contributed by atoms with Crippen LogP contribution in [-0.2, 0) is 30.7 Å². The maximum atomic E-state index is 11.8. The van der Waals surface area contributed by atoms with E-state index in [2.05, 4.69) is 121 Å². The van der Waals surface area contributed by atoms with E-state index in [9.17, 15) is 10.2 Å². The highest BCUT2D eigenvalue weighted by atomic mass is 28.5. The van der Waals surface area contributed by atoms with Crippen LogP contribution < -0.4 is 16.0 Å². The van der Waals surface area contributed by atoms with E-state index in [1.165, 1.54) is 0 Å². The molecule has 3 saturated carbocycles. The zero-order valence-corrected chi connectivity index (χ0v) is 48.7. The van der Waals surface area contributed by atoms with Gasteiger partial charge in [-0.3, -0.25) is 16.0 Å². The Labute approximate surface area is 386 Å². The average Bonchev–Trinajstić information content (AvgIpc) is 3.09. The quantitative estimate of drug-likeness (QED) is 0.0663. The first-order valence-electron chi connectivity index (χ1n) is 24.6. The number of aliphatic hydroxyl groups excluding tert-OH is 2. The van der Waals surface area contributed by atoms with Gasteiger partial charge in [0.05, 0.1) is 49.0 Å². The molecule has 10 atom stereocenters. The van der Waals surface area contributed by atoms with Gasteiger partial charge < -0.3 is 40.9 Å². The van der Waals surface area contributed by atoms with Gasteiger partial charge in [0.1, 0.15) is 0 Å². The minimum atomic E-state index is -2.37. The molecule has 4 fully saturated rings. The SMILES string of the molecule is COC1CCC(C2NC(C3CCC(OCC(C)C[Si](C)(O[Si](C)(C)C)O[Si](C)(C)C)CC3O)NC(C3CCC(OCC(C)C[Si](C)(O[Si](C)(C)C)O[Si](C)(C)C)CC3O)N2)CC1. The Balaban J connectivity index is 1.36. The molecule has 1 heterocycles. The van der Waals surface area contributed by atoms with Gasteiger partial charge in [-0.05, 0) is 186 Å². The molecule has 12 nitrogen and oxygen atoms in total. The molecular formula is C44H97N3O9Si6. The van der Waals surface area contributed by atoms with Gasteiger partial charge in [0.2, 0.25) is 0 Å². The van der Waals surface area contributed by atoms with Gasteiger partial charge in [-0.25, -0.2) is 0 Å². The largest absolute Gasteiger partial charge is 0.437 e. The van der Waals surface area contributed by atoms with Gasteiger partial charge in [-0.1, -0.05) is 13.8 Å². The Morgan fingerprint density at radius 1 is 0.468 bits per heavy atom. The van der Waals surface area contributed by atoms with Gasteiger partial charge >= 0.3 is 17.1 Å². The molecule has 10 unspecified atom stereocenters. The van der Waals surface area contributed by atoms with Crippen molar-refractivity contribution in [2.24, 2.45) is 29.6 Å². The van der Waals surface area contributed by atoms with Gasteiger partial charge in [0.15, 0.2) is 33.3 Å². The summed E-state index contributed by atoms with van der Waals surface area (Å²) in [5.74, 6) is 1.17. The van der Waals surface area contributed by atoms with E-state index < -0.39 is 62.6 Å². The Morgan fingerprint density at radius 3 is 1.10 bits per heavy atom. The van der Waals surface area contributed by atoms with Gasteiger partial charge in [-0.15, -0.1) is 0 Å². The molecule has 0 spiro atoms. The number of hydrogen-bond acceptors (Lipinski definition) is 12. The van der Waals surface area contributed by atoms with Crippen LogP contribution in [0.3, 0.4) is 0 Å². The molecule has 0 amide bonds. The maximum Gasteiger partial charge on any atom is 0.314 e. The molecule has 62 heavy (non-hydrogen) atoms. The van der Waals surface area contributed by atoms with Crippen molar-refractivity contribution in [2.45, 2.75) is 231 Å². The minimum absolute atomic E-state index is 0.0294. The molecule has 0 bridgehead atoms. The number of ether oxygens (including phenoxy) is 3. The smallest absolute Gasteiger partial charge is 0.314 e. The summed E-state index contributed by atoms with van der Waals surface area (Å²) in [5.41, 5.74) is 0. The molecule has 366 valence electrons. The molecular weight excluding hydrogens is 883 g/mol. The van der Waals surface area contributed by atoms with Crippen molar-refractivity contribution in [3.05, 3.63) is 0 Å². The second-order valence-corrected chi connectivity index (χ2v) is 50.0. The predicted molar refractivity (Wildman–Crippen MR) is 269 cm³/mol. The van der Waals surface area contributed by atoms with Gasteiger partial charge in [-0.2, -0.15) is 0 Å². The van der Waals surface area contributed by atoms with Crippen molar-refractivity contribution in [3.63, 3.8) is 0 Å². The Morgan fingerprint density at radius 2 is 0.790 bits per heavy atom. The first-order valence-corrected chi connectivity index (χ1v) is 43.3. The summed E-state index contributed by atoms with van der Waals surface area (Å²) < 4.78 is 46.1. The third-order valence-electron chi connectivity index (χ3n) is 12.9. The lowest BCUT2D eigenvalue weighted by Crippen LogP contribution is -2.74. The summed E-state index contributed by atoms with van der Waals surface area (Å²) in [6.45, 7) is 37.4. The standard InChI is InChI=1S/C44H97N3O9Si6/c1-32(30-61(16,53-57(4,5)6)54-58(7,8)9)28-51-36-22-24-38(40(48)26-36)43-45-42(34-18-20-35(50-3)21-19-34)46-44(47-43)39-25-23-37(27-41(39)49)52-29-33(2)31-62(17,55-59(10,11)12)56-60(13,14)15/h32-49H,18-31H2,1-17H3. The normalized spacial score (nSPS) is 33.6. The highest BCUT2D eigenvalue weighted by molar-refractivity contribution is 6.88. The summed E-state index contributed by atoms with van der Waals surface area (Å²) >= 11 is 0. The van der Waals surface area contributed by atoms with E-state index in [-0.39, 0.29) is 42.5 Å². The predicted octanol–water partition coefficient (Wildman–Crippen LogP) is 8.87. The number of hydrogen-bond donors (Lipinski definition) is 5. The maximum absolute atomic E-state index is 11.8. The molecule has 0 radical (unpaired) electrons. The summed E-state index contributed by atoms with van der Waals surface area (Å²) in [5, 5.41) is 35.5. The lowest BCUT2D eigenvalue weighted by molar-refractivity contribution is -0.0822. The van der Waals surface area contributed by atoms with Crippen molar-refractivity contribution in [1.82, 2.24) is 16.0 Å². The van der Waals surface area contributed by atoms with Crippen LogP contribution in [0, 0.1) is 29.6 Å². The Bertz CT molecular complexity index is 1220. The van der Waals surface area contributed by atoms with Crippen LogP contribution >= 0.6 is 0 Å².